The minimum Gasteiger partial charge on any atom is -0.374 e. The smallest absolute Gasteiger partial charge is 0.158 e. The molecule has 0 unspecified atom stereocenters. The number of halogens is 1. The minimum absolute atomic E-state index is 0.412. The Hall–Kier alpha value is -0.870. The molecule has 0 saturated heterocycles. The fraction of sp³-hybridized carbons (Fsp3) is 0.750. The molecule has 1 aliphatic carbocycles. The van der Waals surface area contributed by atoms with Crippen LogP contribution in [-0.2, 0) is 11.3 Å². The predicted molar refractivity (Wildman–Crippen MR) is 86.8 cm³/mol. The van der Waals surface area contributed by atoms with Crippen LogP contribution >= 0.6 is 11.6 Å². The first-order chi connectivity index (χ1) is 9.91. The van der Waals surface area contributed by atoms with E-state index in [1.54, 1.807) is 0 Å². The van der Waals surface area contributed by atoms with Crippen molar-refractivity contribution in [3.8, 4) is 0 Å². The van der Waals surface area contributed by atoms with E-state index in [1.807, 2.05) is 13.0 Å². The van der Waals surface area contributed by atoms with E-state index in [0.29, 0.717) is 35.6 Å². The van der Waals surface area contributed by atoms with E-state index in [1.165, 1.54) is 25.7 Å². The summed E-state index contributed by atoms with van der Waals surface area (Å²) in [5, 5.41) is 0.484. The zero-order valence-electron chi connectivity index (χ0n) is 13.5. The molecule has 1 heterocycles. The molecule has 0 bridgehead atoms. The Morgan fingerprint density at radius 1 is 1.33 bits per heavy atom. The molecule has 2 rings (SSSR count). The largest absolute Gasteiger partial charge is 0.374 e. The Kier molecular flexibility index (Phi) is 5.44. The summed E-state index contributed by atoms with van der Waals surface area (Å²) in [6.45, 7) is 7.73. The van der Waals surface area contributed by atoms with Gasteiger partial charge in [0.1, 0.15) is 17.6 Å². The molecule has 0 spiro atoms. The number of ether oxygens (including phenoxy) is 1. The molecule has 4 nitrogen and oxygen atoms in total. The second kappa shape index (κ2) is 6.93. The molecule has 0 atom stereocenters. The second-order valence-corrected chi connectivity index (χ2v) is 7.00. The molecule has 118 valence electrons. The van der Waals surface area contributed by atoms with E-state index in [2.05, 4.69) is 35.8 Å². The highest BCUT2D eigenvalue weighted by Gasteiger charge is 2.29. The van der Waals surface area contributed by atoms with E-state index in [0.717, 1.165) is 5.82 Å². The topological polar surface area (TPSA) is 38.2 Å². The van der Waals surface area contributed by atoms with Crippen LogP contribution in [0, 0.1) is 5.41 Å². The first-order valence-electron chi connectivity index (χ1n) is 7.75. The van der Waals surface area contributed by atoms with Crippen LogP contribution in [0.15, 0.2) is 6.07 Å². The predicted octanol–water partition coefficient (Wildman–Crippen LogP) is 4.07. The lowest BCUT2D eigenvalue weighted by atomic mass is 9.75. The van der Waals surface area contributed by atoms with E-state index in [-0.39, 0.29) is 0 Å². The maximum Gasteiger partial charge on any atom is 0.158 e. The second-order valence-electron chi connectivity index (χ2n) is 6.61. The van der Waals surface area contributed by atoms with Crippen LogP contribution in [0.1, 0.15) is 52.3 Å². The van der Waals surface area contributed by atoms with Crippen molar-refractivity contribution in [2.75, 3.05) is 18.6 Å². The molecular weight excluding hydrogens is 286 g/mol. The van der Waals surface area contributed by atoms with Gasteiger partial charge >= 0.3 is 0 Å². The Morgan fingerprint density at radius 3 is 2.62 bits per heavy atom. The lowest BCUT2D eigenvalue weighted by Gasteiger charge is -2.39. The molecule has 1 fully saturated rings. The van der Waals surface area contributed by atoms with Gasteiger partial charge in [-0.25, -0.2) is 9.97 Å². The highest BCUT2D eigenvalue weighted by molar-refractivity contribution is 6.29. The average molecular weight is 312 g/mol. The van der Waals surface area contributed by atoms with Crippen molar-refractivity contribution in [2.45, 2.75) is 59.1 Å². The van der Waals surface area contributed by atoms with Gasteiger partial charge in [0.15, 0.2) is 5.82 Å². The molecule has 1 saturated carbocycles. The van der Waals surface area contributed by atoms with Gasteiger partial charge in [0, 0.05) is 25.8 Å². The van der Waals surface area contributed by atoms with Crippen molar-refractivity contribution in [3.63, 3.8) is 0 Å². The highest BCUT2D eigenvalue weighted by atomic mass is 35.5. The molecule has 0 amide bonds. The number of aromatic nitrogens is 2. The van der Waals surface area contributed by atoms with Crippen molar-refractivity contribution in [1.82, 2.24) is 9.97 Å². The Labute approximate surface area is 132 Å². The standard InChI is InChI=1S/C16H26ClN3O/c1-5-21-11-14-18-13(17)10-15(19-14)20(4)12-6-8-16(2,3)9-7-12/h10,12H,5-9,11H2,1-4H3. The fourth-order valence-corrected chi connectivity index (χ4v) is 3.04. The van der Waals surface area contributed by atoms with Crippen molar-refractivity contribution in [2.24, 2.45) is 5.41 Å². The van der Waals surface area contributed by atoms with Crippen LogP contribution in [0.4, 0.5) is 5.82 Å². The minimum atomic E-state index is 0.412. The molecule has 0 aliphatic heterocycles. The van der Waals surface area contributed by atoms with E-state index < -0.39 is 0 Å². The van der Waals surface area contributed by atoms with Gasteiger partial charge < -0.3 is 9.64 Å². The summed E-state index contributed by atoms with van der Waals surface area (Å²) in [6.07, 6.45) is 4.91. The Morgan fingerprint density at radius 2 is 2.00 bits per heavy atom. The van der Waals surface area contributed by atoms with Gasteiger partial charge in [-0.2, -0.15) is 0 Å². The van der Waals surface area contributed by atoms with Crippen LogP contribution < -0.4 is 4.90 Å². The van der Waals surface area contributed by atoms with E-state index in [9.17, 15) is 0 Å². The molecular formula is C16H26ClN3O. The van der Waals surface area contributed by atoms with Gasteiger partial charge in [-0.1, -0.05) is 25.4 Å². The van der Waals surface area contributed by atoms with Gasteiger partial charge in [-0.05, 0) is 38.0 Å². The van der Waals surface area contributed by atoms with Gasteiger partial charge in [-0.3, -0.25) is 0 Å². The third-order valence-electron chi connectivity index (χ3n) is 4.38. The number of hydrogen-bond acceptors (Lipinski definition) is 4. The van der Waals surface area contributed by atoms with Crippen LogP contribution in [0.5, 0.6) is 0 Å². The lowest BCUT2D eigenvalue weighted by Crippen LogP contribution is -2.37. The normalized spacial score (nSPS) is 18.7. The zero-order chi connectivity index (χ0) is 15.5. The maximum absolute atomic E-state index is 6.12. The summed E-state index contributed by atoms with van der Waals surface area (Å²) in [5.41, 5.74) is 0.473. The summed E-state index contributed by atoms with van der Waals surface area (Å²) >= 11 is 6.12. The quantitative estimate of drug-likeness (QED) is 0.768. The molecule has 5 heteroatoms. The average Bonchev–Trinajstić information content (AvgIpc) is 2.44. The summed E-state index contributed by atoms with van der Waals surface area (Å²) in [7, 11) is 2.10. The van der Waals surface area contributed by atoms with Crippen molar-refractivity contribution < 1.29 is 4.74 Å². The van der Waals surface area contributed by atoms with E-state index >= 15 is 0 Å². The van der Waals surface area contributed by atoms with Gasteiger partial charge in [0.25, 0.3) is 0 Å². The third-order valence-corrected chi connectivity index (χ3v) is 4.57. The fourth-order valence-electron chi connectivity index (χ4n) is 2.85. The van der Waals surface area contributed by atoms with Gasteiger partial charge in [0.05, 0.1) is 0 Å². The van der Waals surface area contributed by atoms with Crippen molar-refractivity contribution >= 4 is 17.4 Å². The van der Waals surface area contributed by atoms with Crippen LogP contribution in [0.2, 0.25) is 5.15 Å². The highest BCUT2D eigenvalue weighted by Crippen LogP contribution is 2.37. The number of rotatable bonds is 5. The number of nitrogens with zero attached hydrogens (tertiary/aromatic N) is 3. The molecule has 1 aromatic rings. The molecule has 0 aromatic carbocycles. The summed E-state index contributed by atoms with van der Waals surface area (Å²) in [5.74, 6) is 1.55. The lowest BCUT2D eigenvalue weighted by molar-refractivity contribution is 0.128. The van der Waals surface area contributed by atoms with Gasteiger partial charge in [0.2, 0.25) is 0 Å². The molecule has 21 heavy (non-hydrogen) atoms. The van der Waals surface area contributed by atoms with Crippen molar-refractivity contribution in [3.05, 3.63) is 17.0 Å². The third kappa shape index (κ3) is 4.55. The monoisotopic (exact) mass is 311 g/mol. The first kappa shape index (κ1) is 16.5. The van der Waals surface area contributed by atoms with Crippen LogP contribution in [0.3, 0.4) is 0 Å². The van der Waals surface area contributed by atoms with Crippen LogP contribution in [-0.4, -0.2) is 29.7 Å². The summed E-state index contributed by atoms with van der Waals surface area (Å²) in [4.78, 5) is 11.1. The maximum atomic E-state index is 6.12. The van der Waals surface area contributed by atoms with E-state index in [4.69, 9.17) is 16.3 Å². The Balaban J connectivity index is 2.08. The first-order valence-corrected chi connectivity index (χ1v) is 8.13. The Bertz CT molecular complexity index is 469. The van der Waals surface area contributed by atoms with Crippen molar-refractivity contribution in [1.29, 1.82) is 0 Å². The van der Waals surface area contributed by atoms with Crippen LogP contribution in [0.25, 0.3) is 0 Å². The summed E-state index contributed by atoms with van der Waals surface area (Å²) < 4.78 is 5.38. The molecule has 0 radical (unpaired) electrons. The molecule has 0 N–H and O–H groups in total. The zero-order valence-corrected chi connectivity index (χ0v) is 14.3. The molecule has 1 aromatic heterocycles. The molecule has 1 aliphatic rings. The number of anilines is 1. The summed E-state index contributed by atoms with van der Waals surface area (Å²) in [6, 6.07) is 2.38. The van der Waals surface area contributed by atoms with Gasteiger partial charge in [-0.15, -0.1) is 0 Å². The number of hydrogen-bond donors (Lipinski definition) is 0. The SMILES string of the molecule is CCOCc1nc(Cl)cc(N(C)C2CCC(C)(C)CC2)n1.